The number of anilines is 2. The summed E-state index contributed by atoms with van der Waals surface area (Å²) in [7, 11) is -4.16. The number of rotatable bonds is 9. The van der Waals surface area contributed by atoms with Gasteiger partial charge in [0.2, 0.25) is 21.9 Å². The number of fused-ring (bicyclic) bond motifs is 3. The highest BCUT2D eigenvalue weighted by molar-refractivity contribution is 7.89. The summed E-state index contributed by atoms with van der Waals surface area (Å²) in [5.41, 5.74) is 2.15. The van der Waals surface area contributed by atoms with E-state index in [0.29, 0.717) is 16.5 Å². The molecular formula is C30H25N5O7S. The zero-order chi connectivity index (χ0) is 30.1. The highest BCUT2D eigenvalue weighted by atomic mass is 32.2. The third kappa shape index (κ3) is 6.03. The van der Waals surface area contributed by atoms with Gasteiger partial charge in [0.15, 0.2) is 6.10 Å². The van der Waals surface area contributed by atoms with Gasteiger partial charge >= 0.3 is 5.97 Å². The van der Waals surface area contributed by atoms with Crippen molar-refractivity contribution in [1.29, 1.82) is 0 Å². The molecule has 2 atom stereocenters. The molecule has 0 saturated heterocycles. The predicted octanol–water partition coefficient (Wildman–Crippen LogP) is 3.42. The molecule has 12 nitrogen and oxygen atoms in total. The number of carboxylic acid groups (broad SMARTS) is 1. The van der Waals surface area contributed by atoms with Crippen LogP contribution in [0.3, 0.4) is 0 Å². The Balaban J connectivity index is 1.12. The lowest BCUT2D eigenvalue weighted by Gasteiger charge is -2.26. The van der Waals surface area contributed by atoms with Crippen molar-refractivity contribution in [3.8, 4) is 5.75 Å². The smallest absolute Gasteiger partial charge is 0.322 e. The number of sulfonamides is 1. The van der Waals surface area contributed by atoms with E-state index in [0.717, 1.165) is 10.9 Å². The van der Waals surface area contributed by atoms with Crippen molar-refractivity contribution in [2.75, 3.05) is 10.6 Å². The molecular weight excluding hydrogens is 574 g/mol. The molecule has 6 rings (SSSR count). The highest BCUT2D eigenvalue weighted by Gasteiger charge is 2.31. The largest absolute Gasteiger partial charge is 0.480 e. The van der Waals surface area contributed by atoms with Crippen LogP contribution in [0, 0.1) is 0 Å². The number of imidazole rings is 1. The van der Waals surface area contributed by atoms with E-state index >= 15 is 0 Å². The summed E-state index contributed by atoms with van der Waals surface area (Å²) >= 11 is 0. The van der Waals surface area contributed by atoms with Crippen molar-refractivity contribution in [1.82, 2.24) is 14.7 Å². The third-order valence-electron chi connectivity index (χ3n) is 6.95. The van der Waals surface area contributed by atoms with Crippen molar-refractivity contribution < 1.29 is 32.6 Å². The number of carbonyl (C=O) groups is 3. The molecule has 218 valence electrons. The molecule has 0 radical (unpaired) electrons. The van der Waals surface area contributed by atoms with Gasteiger partial charge in [0.25, 0.3) is 5.91 Å². The predicted molar refractivity (Wildman–Crippen MR) is 158 cm³/mol. The van der Waals surface area contributed by atoms with Crippen LogP contribution in [0.4, 0.5) is 11.6 Å². The normalized spacial score (nSPS) is 15.3. The SMILES string of the molecule is O=C(CC1Oc2ccc(C[C@H](NS(=O)(=O)c3ccc4ccccc4c3)C(=O)O)cc2NC1=O)Nc1nc2ccccc2[nH]1. The number of H-pyrrole nitrogens is 1. The van der Waals surface area contributed by atoms with Gasteiger partial charge in [-0.2, -0.15) is 4.72 Å². The van der Waals surface area contributed by atoms with Crippen molar-refractivity contribution in [3.63, 3.8) is 0 Å². The van der Waals surface area contributed by atoms with Crippen LogP contribution < -0.4 is 20.1 Å². The van der Waals surface area contributed by atoms with Gasteiger partial charge < -0.3 is 20.1 Å². The number of aliphatic carboxylic acids is 1. The standard InChI is InChI=1S/C30H25N5O7S/c36-27(34-30-32-21-7-3-4-8-22(21)33-30)16-26-28(37)31-23-13-17(9-12-25(23)42-26)14-24(29(38)39)35-43(40,41)20-11-10-18-5-1-2-6-19(18)15-20/h1-13,15,24,26,35H,14,16H2,(H,31,37)(H,38,39)(H2,32,33,34,36)/t24-,26?/m0/s1. The second-order valence-electron chi connectivity index (χ2n) is 10.0. The number of hydrogen-bond acceptors (Lipinski definition) is 7. The van der Waals surface area contributed by atoms with Gasteiger partial charge in [-0.25, -0.2) is 13.4 Å². The summed E-state index contributed by atoms with van der Waals surface area (Å²) in [5.74, 6) is -1.87. The molecule has 5 N–H and O–H groups in total. The molecule has 1 unspecified atom stereocenters. The summed E-state index contributed by atoms with van der Waals surface area (Å²) in [4.78, 5) is 44.6. The summed E-state index contributed by atoms with van der Waals surface area (Å²) < 4.78 is 34.1. The maximum Gasteiger partial charge on any atom is 0.322 e. The summed E-state index contributed by atoms with van der Waals surface area (Å²) in [6.07, 6.45) is -1.58. The number of ether oxygens (including phenoxy) is 1. The molecule has 2 heterocycles. The van der Waals surface area contributed by atoms with Crippen LogP contribution in [-0.2, 0) is 30.8 Å². The van der Waals surface area contributed by atoms with Crippen LogP contribution in [0.2, 0.25) is 0 Å². The fourth-order valence-corrected chi connectivity index (χ4v) is 6.05. The van der Waals surface area contributed by atoms with E-state index in [4.69, 9.17) is 4.74 Å². The number of carbonyl (C=O) groups excluding carboxylic acids is 2. The maximum atomic E-state index is 13.1. The number of carboxylic acids is 1. The lowest BCUT2D eigenvalue weighted by Crippen LogP contribution is -2.42. The first-order valence-electron chi connectivity index (χ1n) is 13.2. The second-order valence-corrected chi connectivity index (χ2v) is 11.7. The van der Waals surface area contributed by atoms with E-state index in [-0.39, 0.29) is 35.1 Å². The lowest BCUT2D eigenvalue weighted by molar-refractivity contribution is -0.139. The zero-order valence-corrected chi connectivity index (χ0v) is 23.2. The molecule has 1 aliphatic rings. The molecule has 0 spiro atoms. The second kappa shape index (κ2) is 11.2. The average Bonchev–Trinajstić information content (AvgIpc) is 3.39. The van der Waals surface area contributed by atoms with Gasteiger partial charge in [0, 0.05) is 0 Å². The van der Waals surface area contributed by atoms with Gasteiger partial charge in [-0.3, -0.25) is 19.7 Å². The molecule has 0 fully saturated rings. The number of aromatic amines is 1. The minimum Gasteiger partial charge on any atom is -0.480 e. The maximum absolute atomic E-state index is 13.1. The molecule has 43 heavy (non-hydrogen) atoms. The minimum atomic E-state index is -4.16. The molecule has 5 aromatic rings. The summed E-state index contributed by atoms with van der Waals surface area (Å²) in [6.45, 7) is 0. The Bertz CT molecular complexity index is 1970. The minimum absolute atomic E-state index is 0.0565. The Morgan fingerprint density at radius 3 is 2.53 bits per heavy atom. The van der Waals surface area contributed by atoms with Gasteiger partial charge in [-0.1, -0.05) is 48.5 Å². The Kier molecular flexibility index (Phi) is 7.26. The van der Waals surface area contributed by atoms with Crippen LogP contribution in [0.15, 0.2) is 89.8 Å². The number of benzene rings is 4. The average molecular weight is 600 g/mol. The molecule has 1 aromatic heterocycles. The zero-order valence-electron chi connectivity index (χ0n) is 22.4. The van der Waals surface area contributed by atoms with Crippen molar-refractivity contribution in [2.45, 2.75) is 29.9 Å². The first-order valence-corrected chi connectivity index (χ1v) is 14.7. The van der Waals surface area contributed by atoms with E-state index in [1.165, 1.54) is 24.3 Å². The van der Waals surface area contributed by atoms with Crippen LogP contribution in [0.1, 0.15) is 12.0 Å². The fraction of sp³-hybridized carbons (Fsp3) is 0.133. The number of nitrogens with zero attached hydrogens (tertiary/aromatic N) is 1. The number of amides is 2. The van der Waals surface area contributed by atoms with Crippen LogP contribution >= 0.6 is 0 Å². The van der Waals surface area contributed by atoms with Crippen LogP contribution in [0.25, 0.3) is 21.8 Å². The lowest BCUT2D eigenvalue weighted by atomic mass is 10.0. The van der Waals surface area contributed by atoms with Crippen molar-refractivity contribution >= 4 is 61.2 Å². The Hall–Kier alpha value is -5.27. The molecule has 2 amide bonds. The molecule has 4 aromatic carbocycles. The molecule has 0 saturated carbocycles. The number of hydrogen-bond donors (Lipinski definition) is 5. The Morgan fingerprint density at radius 1 is 0.977 bits per heavy atom. The van der Waals surface area contributed by atoms with E-state index in [2.05, 4.69) is 25.3 Å². The first kappa shape index (κ1) is 27.9. The van der Waals surface area contributed by atoms with Gasteiger partial charge in [-0.05, 0) is 59.2 Å². The number of aromatic nitrogens is 2. The van der Waals surface area contributed by atoms with Gasteiger partial charge in [-0.15, -0.1) is 0 Å². The van der Waals surface area contributed by atoms with Gasteiger partial charge in [0.1, 0.15) is 11.8 Å². The molecule has 0 aliphatic carbocycles. The van der Waals surface area contributed by atoms with Crippen LogP contribution in [0.5, 0.6) is 5.75 Å². The van der Waals surface area contributed by atoms with E-state index in [1.807, 2.05) is 30.3 Å². The molecule has 1 aliphatic heterocycles. The quantitative estimate of drug-likeness (QED) is 0.171. The Morgan fingerprint density at radius 2 is 1.74 bits per heavy atom. The summed E-state index contributed by atoms with van der Waals surface area (Å²) in [5, 5.41) is 16.7. The topological polar surface area (TPSA) is 180 Å². The first-order chi connectivity index (χ1) is 20.6. The van der Waals surface area contributed by atoms with E-state index in [9.17, 15) is 27.9 Å². The number of para-hydroxylation sites is 2. The van der Waals surface area contributed by atoms with E-state index < -0.39 is 40.0 Å². The Labute approximate surface area is 245 Å². The van der Waals surface area contributed by atoms with Crippen molar-refractivity contribution in [2.24, 2.45) is 0 Å². The highest BCUT2D eigenvalue weighted by Crippen LogP contribution is 2.32. The third-order valence-corrected chi connectivity index (χ3v) is 8.42. The molecule has 13 heteroatoms. The van der Waals surface area contributed by atoms with E-state index in [1.54, 1.807) is 30.3 Å². The molecule has 0 bridgehead atoms. The van der Waals surface area contributed by atoms with Crippen molar-refractivity contribution in [3.05, 3.63) is 90.5 Å². The summed E-state index contributed by atoms with van der Waals surface area (Å²) in [6, 6.07) is 22.2. The fourth-order valence-electron chi connectivity index (χ4n) is 4.83. The van der Waals surface area contributed by atoms with Gasteiger partial charge in [0.05, 0.1) is 28.0 Å². The van der Waals surface area contributed by atoms with Crippen LogP contribution in [-0.4, -0.2) is 53.4 Å². The number of nitrogens with one attached hydrogen (secondary N) is 4. The monoisotopic (exact) mass is 599 g/mol.